The summed E-state index contributed by atoms with van der Waals surface area (Å²) in [6, 6.07) is 11.7. The number of H-pyrrole nitrogens is 1. The zero-order valence-corrected chi connectivity index (χ0v) is 16.1. The first-order valence-corrected chi connectivity index (χ1v) is 9.98. The molecule has 2 N–H and O–H groups in total. The van der Waals surface area contributed by atoms with Gasteiger partial charge in [-0.3, -0.25) is 4.79 Å². The molecular formula is C21H21ClN3O3+. The monoisotopic (exact) mass is 398 g/mol. The Morgan fingerprint density at radius 2 is 2.00 bits per heavy atom. The second-order valence-corrected chi connectivity index (χ2v) is 7.79. The molecule has 0 aliphatic carbocycles. The smallest absolute Gasteiger partial charge is 0.258 e. The Morgan fingerprint density at radius 3 is 2.89 bits per heavy atom. The highest BCUT2D eigenvalue weighted by atomic mass is 35.5. The molecule has 1 unspecified atom stereocenters. The minimum Gasteiger partial charge on any atom is -0.486 e. The Bertz CT molecular complexity index is 1100. The summed E-state index contributed by atoms with van der Waals surface area (Å²) in [4.78, 5) is 21.4. The van der Waals surface area contributed by atoms with Crippen LogP contribution in [0.3, 0.4) is 0 Å². The van der Waals surface area contributed by atoms with Crippen molar-refractivity contribution in [3.8, 4) is 11.5 Å². The summed E-state index contributed by atoms with van der Waals surface area (Å²) >= 11 is 6.08. The number of rotatable bonds is 3. The van der Waals surface area contributed by atoms with Crippen LogP contribution in [0.25, 0.3) is 10.9 Å². The van der Waals surface area contributed by atoms with Crippen LogP contribution in [0.5, 0.6) is 11.5 Å². The quantitative estimate of drug-likeness (QED) is 0.710. The SMILES string of the molecule is O=c1[nH]c(C[NH+]2CCC[C@@H]2c2ccc3c(c2)OCCO3)nc2cc(Cl)ccc12. The minimum atomic E-state index is -0.119. The number of quaternary nitrogens is 1. The summed E-state index contributed by atoms with van der Waals surface area (Å²) in [7, 11) is 0. The Kier molecular flexibility index (Phi) is 4.45. The number of fused-ring (bicyclic) bond motifs is 2. The van der Waals surface area contributed by atoms with E-state index in [1.165, 1.54) is 10.5 Å². The van der Waals surface area contributed by atoms with Crippen LogP contribution in [0, 0.1) is 0 Å². The number of hydrogen-bond donors (Lipinski definition) is 2. The second-order valence-electron chi connectivity index (χ2n) is 7.36. The number of nitrogens with one attached hydrogen (secondary N) is 2. The fourth-order valence-corrected chi connectivity index (χ4v) is 4.43. The van der Waals surface area contributed by atoms with Gasteiger partial charge in [0.2, 0.25) is 0 Å². The van der Waals surface area contributed by atoms with Crippen LogP contribution in [0.4, 0.5) is 0 Å². The van der Waals surface area contributed by atoms with Crippen molar-refractivity contribution in [2.24, 2.45) is 0 Å². The van der Waals surface area contributed by atoms with E-state index in [4.69, 9.17) is 21.1 Å². The van der Waals surface area contributed by atoms with Crippen molar-refractivity contribution in [2.75, 3.05) is 19.8 Å². The molecule has 0 amide bonds. The summed E-state index contributed by atoms with van der Waals surface area (Å²) in [5.41, 5.74) is 1.76. The third-order valence-corrected chi connectivity index (χ3v) is 5.80. The third-order valence-electron chi connectivity index (χ3n) is 5.56. The molecular weight excluding hydrogens is 378 g/mol. The molecule has 0 bridgehead atoms. The molecule has 3 aromatic rings. The van der Waals surface area contributed by atoms with Gasteiger partial charge in [-0.15, -0.1) is 0 Å². The Labute approximate surface area is 167 Å². The number of likely N-dealkylation sites (tertiary alicyclic amines) is 1. The van der Waals surface area contributed by atoms with Crippen LogP contribution in [0.2, 0.25) is 5.02 Å². The van der Waals surface area contributed by atoms with Gasteiger partial charge in [0.25, 0.3) is 5.56 Å². The highest BCUT2D eigenvalue weighted by Crippen LogP contribution is 2.33. The van der Waals surface area contributed by atoms with E-state index < -0.39 is 0 Å². The van der Waals surface area contributed by atoms with Crippen LogP contribution in [-0.4, -0.2) is 29.7 Å². The Balaban J connectivity index is 1.43. The number of ether oxygens (including phenoxy) is 2. The van der Waals surface area contributed by atoms with E-state index in [0.29, 0.717) is 47.6 Å². The van der Waals surface area contributed by atoms with E-state index in [-0.39, 0.29) is 5.56 Å². The normalized spacial score (nSPS) is 21.2. The van der Waals surface area contributed by atoms with Gasteiger partial charge in [0, 0.05) is 23.4 Å². The second kappa shape index (κ2) is 7.11. The summed E-state index contributed by atoms with van der Waals surface area (Å²) < 4.78 is 11.4. The van der Waals surface area contributed by atoms with Gasteiger partial charge in [0.15, 0.2) is 17.3 Å². The zero-order valence-electron chi connectivity index (χ0n) is 15.3. The molecule has 144 valence electrons. The summed E-state index contributed by atoms with van der Waals surface area (Å²) in [6.45, 7) is 2.88. The van der Waals surface area contributed by atoms with E-state index >= 15 is 0 Å². The average molecular weight is 399 g/mol. The molecule has 6 nitrogen and oxygen atoms in total. The van der Waals surface area contributed by atoms with E-state index in [1.807, 2.05) is 6.07 Å². The van der Waals surface area contributed by atoms with Crippen LogP contribution in [-0.2, 0) is 6.54 Å². The van der Waals surface area contributed by atoms with Crippen molar-refractivity contribution in [1.82, 2.24) is 9.97 Å². The van der Waals surface area contributed by atoms with Gasteiger partial charge in [-0.05, 0) is 36.4 Å². The molecule has 0 radical (unpaired) electrons. The van der Waals surface area contributed by atoms with Crippen molar-refractivity contribution in [2.45, 2.75) is 25.4 Å². The van der Waals surface area contributed by atoms with E-state index in [0.717, 1.165) is 30.9 Å². The molecule has 0 spiro atoms. The highest BCUT2D eigenvalue weighted by molar-refractivity contribution is 6.31. The van der Waals surface area contributed by atoms with Crippen molar-refractivity contribution in [3.05, 3.63) is 63.2 Å². The standard InChI is InChI=1S/C21H20ClN3O3/c22-14-4-5-15-16(11-14)23-20(24-21(15)26)12-25-7-1-2-17(25)13-3-6-18-19(10-13)28-9-8-27-18/h3-6,10-11,17H,1-2,7-9,12H2,(H,23,24,26)/p+1/t17-/m1/s1. The lowest BCUT2D eigenvalue weighted by molar-refractivity contribution is -0.932. The molecule has 1 aromatic heterocycles. The predicted molar refractivity (Wildman–Crippen MR) is 106 cm³/mol. The molecule has 1 saturated heterocycles. The molecule has 1 fully saturated rings. The molecule has 7 heteroatoms. The van der Waals surface area contributed by atoms with Crippen LogP contribution >= 0.6 is 11.6 Å². The highest BCUT2D eigenvalue weighted by Gasteiger charge is 2.31. The maximum atomic E-state index is 12.4. The van der Waals surface area contributed by atoms with Gasteiger partial charge < -0.3 is 19.4 Å². The van der Waals surface area contributed by atoms with Crippen molar-refractivity contribution >= 4 is 22.5 Å². The van der Waals surface area contributed by atoms with E-state index in [9.17, 15) is 4.79 Å². The fourth-order valence-electron chi connectivity index (χ4n) is 4.26. The van der Waals surface area contributed by atoms with Crippen molar-refractivity contribution < 1.29 is 14.4 Å². The van der Waals surface area contributed by atoms with Gasteiger partial charge in [0.05, 0.1) is 17.4 Å². The first kappa shape index (κ1) is 17.5. The summed E-state index contributed by atoms with van der Waals surface area (Å²) in [5.74, 6) is 2.33. The topological polar surface area (TPSA) is 68.7 Å². The van der Waals surface area contributed by atoms with Gasteiger partial charge in [0.1, 0.15) is 25.8 Å². The average Bonchev–Trinajstić information content (AvgIpc) is 3.15. The first-order chi connectivity index (χ1) is 13.7. The molecule has 3 heterocycles. The fraction of sp³-hybridized carbons (Fsp3) is 0.333. The maximum absolute atomic E-state index is 12.4. The lowest BCUT2D eigenvalue weighted by Gasteiger charge is -2.24. The van der Waals surface area contributed by atoms with Gasteiger partial charge in [-0.2, -0.15) is 0 Å². The van der Waals surface area contributed by atoms with Crippen LogP contribution in [0.15, 0.2) is 41.2 Å². The third kappa shape index (κ3) is 3.23. The Hall–Kier alpha value is -2.57. The maximum Gasteiger partial charge on any atom is 0.258 e. The minimum absolute atomic E-state index is 0.119. The molecule has 28 heavy (non-hydrogen) atoms. The largest absolute Gasteiger partial charge is 0.486 e. The number of nitrogens with zero attached hydrogens (tertiary/aromatic N) is 1. The Morgan fingerprint density at radius 1 is 1.14 bits per heavy atom. The lowest BCUT2D eigenvalue weighted by atomic mass is 10.0. The molecule has 0 saturated carbocycles. The summed E-state index contributed by atoms with van der Waals surface area (Å²) in [6.07, 6.45) is 2.23. The number of aromatic nitrogens is 2. The lowest BCUT2D eigenvalue weighted by Crippen LogP contribution is -3.09. The molecule has 2 aromatic carbocycles. The van der Waals surface area contributed by atoms with E-state index in [2.05, 4.69) is 22.1 Å². The number of benzene rings is 2. The zero-order chi connectivity index (χ0) is 19.1. The van der Waals surface area contributed by atoms with Crippen molar-refractivity contribution in [1.29, 1.82) is 0 Å². The first-order valence-electron chi connectivity index (χ1n) is 9.60. The van der Waals surface area contributed by atoms with Gasteiger partial charge in [-0.1, -0.05) is 11.6 Å². The number of halogens is 1. The number of aromatic amines is 1. The van der Waals surface area contributed by atoms with Gasteiger partial charge in [-0.25, -0.2) is 4.98 Å². The van der Waals surface area contributed by atoms with Crippen LogP contribution < -0.4 is 19.9 Å². The summed E-state index contributed by atoms with van der Waals surface area (Å²) in [5, 5.41) is 1.15. The van der Waals surface area contributed by atoms with Crippen LogP contribution in [0.1, 0.15) is 30.3 Å². The predicted octanol–water partition coefficient (Wildman–Crippen LogP) is 2.27. The van der Waals surface area contributed by atoms with Gasteiger partial charge >= 0.3 is 0 Å². The number of hydrogen-bond acceptors (Lipinski definition) is 4. The molecule has 5 rings (SSSR count). The molecule has 2 aliphatic heterocycles. The molecule has 2 aliphatic rings. The van der Waals surface area contributed by atoms with E-state index in [1.54, 1.807) is 18.2 Å². The van der Waals surface area contributed by atoms with Crippen molar-refractivity contribution in [3.63, 3.8) is 0 Å². The molecule has 2 atom stereocenters.